The van der Waals surface area contributed by atoms with Crippen LogP contribution in [0.3, 0.4) is 0 Å². The van der Waals surface area contributed by atoms with Crippen molar-refractivity contribution in [2.24, 2.45) is 5.73 Å². The van der Waals surface area contributed by atoms with Gasteiger partial charge in [0.05, 0.1) is 18.1 Å². The zero-order chi connectivity index (χ0) is 24.3. The number of amides is 2. The number of non-ortho nitro benzene ring substituents is 1. The van der Waals surface area contributed by atoms with E-state index in [1.165, 1.54) is 0 Å². The van der Waals surface area contributed by atoms with Crippen LogP contribution in [0.5, 0.6) is 0 Å². The molecular formula is C18H28BN5O8. The Labute approximate surface area is 185 Å². The standard InChI is InChI=1S/C18H28BN5O8/c1-21-14(5-3-4-6-20)17(26)23-15(18(27)32-2)10-22-16(25)11-7-12(19(28)29)9-13(8-11)24(30)31/h7-9,14-15,21,28-29H,3-6,10,20H2,1-2H3,(H,22,25)(H,23,26). The smallest absolute Gasteiger partial charge is 0.467 e. The van der Waals surface area contributed by atoms with E-state index >= 15 is 0 Å². The van der Waals surface area contributed by atoms with E-state index in [0.29, 0.717) is 19.4 Å². The first-order valence-electron chi connectivity index (χ1n) is 9.83. The monoisotopic (exact) mass is 453 g/mol. The van der Waals surface area contributed by atoms with Gasteiger partial charge < -0.3 is 36.5 Å². The Balaban J connectivity index is 2.91. The second-order valence-electron chi connectivity index (χ2n) is 6.86. The Morgan fingerprint density at radius 3 is 2.44 bits per heavy atom. The molecule has 176 valence electrons. The predicted molar refractivity (Wildman–Crippen MR) is 115 cm³/mol. The molecule has 1 aromatic rings. The predicted octanol–water partition coefficient (Wildman–Crippen LogP) is -2.62. The highest BCUT2D eigenvalue weighted by molar-refractivity contribution is 6.58. The lowest BCUT2D eigenvalue weighted by Crippen LogP contribution is -2.53. The molecule has 0 spiro atoms. The fourth-order valence-corrected chi connectivity index (χ4v) is 2.82. The van der Waals surface area contributed by atoms with Crippen molar-refractivity contribution in [3.05, 3.63) is 33.9 Å². The molecule has 7 N–H and O–H groups in total. The number of benzene rings is 1. The molecule has 0 fully saturated rings. The topological polar surface area (TPSA) is 206 Å². The van der Waals surface area contributed by atoms with Crippen LogP contribution < -0.4 is 27.1 Å². The lowest BCUT2D eigenvalue weighted by molar-refractivity contribution is -0.384. The van der Waals surface area contributed by atoms with E-state index in [-0.39, 0.29) is 17.6 Å². The van der Waals surface area contributed by atoms with Gasteiger partial charge in [-0.3, -0.25) is 19.7 Å². The van der Waals surface area contributed by atoms with Crippen molar-refractivity contribution >= 4 is 36.1 Å². The SMILES string of the molecule is CNC(CCCCN)C(=O)NC(CNC(=O)c1cc(B(O)O)cc([N+](=O)[O-])c1)C(=O)OC. The van der Waals surface area contributed by atoms with Crippen molar-refractivity contribution in [2.75, 3.05) is 27.2 Å². The molecule has 14 heteroatoms. The first-order valence-corrected chi connectivity index (χ1v) is 9.83. The largest absolute Gasteiger partial charge is 0.488 e. The number of nitrogens with zero attached hydrogens (tertiary/aromatic N) is 1. The fraction of sp³-hybridized carbons (Fsp3) is 0.500. The van der Waals surface area contributed by atoms with Crippen molar-refractivity contribution in [3.8, 4) is 0 Å². The van der Waals surface area contributed by atoms with Gasteiger partial charge in [0.25, 0.3) is 11.6 Å². The second kappa shape index (κ2) is 13.4. The van der Waals surface area contributed by atoms with E-state index in [1.54, 1.807) is 7.05 Å². The number of nitro groups is 1. The van der Waals surface area contributed by atoms with Gasteiger partial charge in [0.1, 0.15) is 6.04 Å². The van der Waals surface area contributed by atoms with E-state index in [1.807, 2.05) is 0 Å². The summed E-state index contributed by atoms with van der Waals surface area (Å²) in [5, 5.41) is 37.4. The Bertz CT molecular complexity index is 823. The molecule has 2 amide bonds. The molecule has 13 nitrogen and oxygen atoms in total. The van der Waals surface area contributed by atoms with Crippen LogP contribution >= 0.6 is 0 Å². The summed E-state index contributed by atoms with van der Waals surface area (Å²) in [6.45, 7) is 0.123. The van der Waals surface area contributed by atoms with Crippen LogP contribution in [0.15, 0.2) is 18.2 Å². The van der Waals surface area contributed by atoms with Crippen molar-refractivity contribution in [1.29, 1.82) is 0 Å². The number of ether oxygens (including phenoxy) is 1. The lowest BCUT2D eigenvalue weighted by Gasteiger charge is -2.21. The van der Waals surface area contributed by atoms with Crippen LogP contribution in [0.4, 0.5) is 5.69 Å². The third kappa shape index (κ3) is 8.22. The molecule has 0 heterocycles. The van der Waals surface area contributed by atoms with Gasteiger partial charge in [0.15, 0.2) is 0 Å². The molecule has 0 aliphatic carbocycles. The number of nitrogens with one attached hydrogen (secondary N) is 3. The number of methoxy groups -OCH3 is 1. The summed E-state index contributed by atoms with van der Waals surface area (Å²) in [6, 6.07) is 1.12. The van der Waals surface area contributed by atoms with Gasteiger partial charge in [-0.2, -0.15) is 0 Å². The Hall–Kier alpha value is -3.07. The number of esters is 1. The summed E-state index contributed by atoms with van der Waals surface area (Å²) < 4.78 is 4.67. The number of carbonyl (C=O) groups excluding carboxylic acids is 3. The Morgan fingerprint density at radius 1 is 1.22 bits per heavy atom. The molecular weight excluding hydrogens is 425 g/mol. The lowest BCUT2D eigenvalue weighted by atomic mass is 9.79. The number of likely N-dealkylation sites (N-methyl/N-ethyl adjacent to an activating group) is 1. The van der Waals surface area contributed by atoms with Gasteiger partial charge in [-0.25, -0.2) is 4.79 Å². The third-order valence-electron chi connectivity index (χ3n) is 4.59. The molecule has 0 saturated heterocycles. The highest BCUT2D eigenvalue weighted by atomic mass is 16.6. The molecule has 0 aliphatic heterocycles. The number of hydrogen-bond donors (Lipinski definition) is 6. The van der Waals surface area contributed by atoms with Crippen LogP contribution in [0.25, 0.3) is 0 Å². The summed E-state index contributed by atoms with van der Waals surface area (Å²) >= 11 is 0. The van der Waals surface area contributed by atoms with Crippen LogP contribution in [0.2, 0.25) is 0 Å². The number of nitro benzene ring substituents is 1. The Kier molecular flexibility index (Phi) is 11.3. The van der Waals surface area contributed by atoms with E-state index in [4.69, 9.17) is 5.73 Å². The van der Waals surface area contributed by atoms with Gasteiger partial charge in [-0.15, -0.1) is 0 Å². The highest BCUT2D eigenvalue weighted by Gasteiger charge is 2.27. The first kappa shape index (κ1) is 27.0. The summed E-state index contributed by atoms with van der Waals surface area (Å²) in [7, 11) is 0.688. The zero-order valence-corrected chi connectivity index (χ0v) is 17.9. The zero-order valence-electron chi connectivity index (χ0n) is 17.9. The maximum absolute atomic E-state index is 12.5. The van der Waals surface area contributed by atoms with E-state index in [2.05, 4.69) is 20.7 Å². The summed E-state index contributed by atoms with van der Waals surface area (Å²) in [5.41, 5.74) is 4.45. The number of nitrogens with two attached hydrogens (primary N) is 1. The summed E-state index contributed by atoms with van der Waals surface area (Å²) in [5.74, 6) is -2.11. The highest BCUT2D eigenvalue weighted by Crippen LogP contribution is 2.12. The van der Waals surface area contributed by atoms with Crippen LogP contribution in [-0.2, 0) is 14.3 Å². The van der Waals surface area contributed by atoms with E-state index < -0.39 is 47.6 Å². The molecule has 1 rings (SSSR count). The molecule has 0 aliphatic rings. The maximum Gasteiger partial charge on any atom is 0.488 e. The second-order valence-corrected chi connectivity index (χ2v) is 6.86. The first-order chi connectivity index (χ1) is 15.1. The Morgan fingerprint density at radius 2 is 1.91 bits per heavy atom. The minimum Gasteiger partial charge on any atom is -0.467 e. The third-order valence-corrected chi connectivity index (χ3v) is 4.59. The molecule has 0 saturated carbocycles. The van der Waals surface area contributed by atoms with E-state index in [9.17, 15) is 34.5 Å². The van der Waals surface area contributed by atoms with E-state index in [0.717, 1.165) is 31.7 Å². The van der Waals surface area contributed by atoms with Crippen molar-refractivity contribution < 1.29 is 34.1 Å². The van der Waals surface area contributed by atoms with Gasteiger partial charge in [-0.1, -0.05) is 6.42 Å². The fourth-order valence-electron chi connectivity index (χ4n) is 2.82. The van der Waals surface area contributed by atoms with Crippen molar-refractivity contribution in [3.63, 3.8) is 0 Å². The number of carbonyl (C=O) groups is 3. The number of unbranched alkanes of at least 4 members (excludes halogenated alkanes) is 1. The average Bonchev–Trinajstić information content (AvgIpc) is 2.78. The summed E-state index contributed by atoms with van der Waals surface area (Å²) in [4.78, 5) is 47.3. The quantitative estimate of drug-likeness (QED) is 0.0603. The molecule has 2 atom stereocenters. The molecule has 0 radical (unpaired) electrons. The van der Waals surface area contributed by atoms with Gasteiger partial charge in [-0.05, 0) is 38.0 Å². The van der Waals surface area contributed by atoms with Gasteiger partial charge >= 0.3 is 13.1 Å². The van der Waals surface area contributed by atoms with Crippen LogP contribution in [0.1, 0.15) is 29.6 Å². The normalized spacial score (nSPS) is 12.4. The van der Waals surface area contributed by atoms with Crippen LogP contribution in [-0.4, -0.2) is 79.2 Å². The molecule has 32 heavy (non-hydrogen) atoms. The molecule has 1 aromatic carbocycles. The molecule has 0 aromatic heterocycles. The maximum atomic E-state index is 12.5. The number of hydrogen-bond acceptors (Lipinski definition) is 10. The molecule has 2 unspecified atom stereocenters. The van der Waals surface area contributed by atoms with Crippen LogP contribution in [0, 0.1) is 10.1 Å². The summed E-state index contributed by atoms with van der Waals surface area (Å²) in [6.07, 6.45) is 1.91. The number of rotatable bonds is 13. The van der Waals surface area contributed by atoms with Gasteiger partial charge in [0.2, 0.25) is 5.91 Å². The van der Waals surface area contributed by atoms with Gasteiger partial charge in [0, 0.05) is 24.2 Å². The molecule has 0 bridgehead atoms. The average molecular weight is 453 g/mol. The van der Waals surface area contributed by atoms with Crippen molar-refractivity contribution in [2.45, 2.75) is 31.3 Å². The minimum atomic E-state index is -2.03. The van der Waals surface area contributed by atoms with Crippen molar-refractivity contribution in [1.82, 2.24) is 16.0 Å². The minimum absolute atomic E-state index is 0.230.